The van der Waals surface area contributed by atoms with Gasteiger partial charge in [-0.05, 0) is 48.0 Å². The number of aromatic hydroxyl groups is 1. The van der Waals surface area contributed by atoms with Gasteiger partial charge in [-0.3, -0.25) is 0 Å². The number of phenolic OH excluding ortho intramolecular Hbond substituents is 1. The van der Waals surface area contributed by atoms with Crippen LogP contribution in [0.4, 0.5) is 13.2 Å². The predicted octanol–water partition coefficient (Wildman–Crippen LogP) is 5.70. The summed E-state index contributed by atoms with van der Waals surface area (Å²) in [4.78, 5) is -0.00939. The number of ether oxygens (including phenoxy) is 2. The van der Waals surface area contributed by atoms with Crippen LogP contribution in [0.1, 0.15) is 12.5 Å². The maximum absolute atomic E-state index is 12.9. The quantitative estimate of drug-likeness (QED) is 0.361. The molecule has 2 rings (SSSR count). The van der Waals surface area contributed by atoms with Gasteiger partial charge in [0.15, 0.2) is 21.3 Å². The minimum Gasteiger partial charge on any atom is -0.504 e. The Morgan fingerprint density at radius 2 is 1.74 bits per heavy atom. The van der Waals surface area contributed by atoms with Crippen molar-refractivity contribution in [2.24, 2.45) is 0 Å². The number of phenols is 1. The molecule has 0 heterocycles. The second-order valence-electron chi connectivity index (χ2n) is 6.35. The van der Waals surface area contributed by atoms with E-state index >= 15 is 0 Å². The first kappa shape index (κ1) is 25.5. The average molecular weight is 588 g/mol. The maximum Gasteiger partial charge on any atom is 0.304 e. The number of hydrogen-bond acceptors (Lipinski definition) is 5. The molecule has 3 unspecified atom stereocenters. The highest BCUT2D eigenvalue weighted by Crippen LogP contribution is 2.29. The Balaban J connectivity index is 2.12. The van der Waals surface area contributed by atoms with E-state index in [4.69, 9.17) is 4.74 Å². The molecule has 0 aliphatic carbocycles. The molecule has 0 spiro atoms. The number of halogens is 5. The predicted molar refractivity (Wildman–Crippen MR) is 119 cm³/mol. The van der Waals surface area contributed by atoms with E-state index in [2.05, 4.69) is 36.6 Å². The summed E-state index contributed by atoms with van der Waals surface area (Å²) in [6, 6.07) is 8.79. The molecule has 0 radical (unpaired) electrons. The third-order valence-corrected chi connectivity index (χ3v) is 7.75. The van der Waals surface area contributed by atoms with Crippen molar-refractivity contribution in [1.29, 1.82) is 0 Å². The second-order valence-corrected chi connectivity index (χ2v) is 10.8. The largest absolute Gasteiger partial charge is 0.504 e. The third-order valence-electron chi connectivity index (χ3n) is 3.92. The van der Waals surface area contributed by atoms with Gasteiger partial charge in [-0.2, -0.15) is 4.39 Å². The first-order chi connectivity index (χ1) is 14.5. The monoisotopic (exact) mass is 586 g/mol. The molecular formula is C20H19Br2F3O5S. The molecule has 31 heavy (non-hydrogen) atoms. The van der Waals surface area contributed by atoms with Gasteiger partial charge in [-0.1, -0.05) is 44.8 Å². The highest BCUT2D eigenvalue weighted by Gasteiger charge is 2.21. The van der Waals surface area contributed by atoms with Gasteiger partial charge in [0.25, 0.3) is 6.36 Å². The molecule has 0 saturated carbocycles. The van der Waals surface area contributed by atoms with E-state index in [0.717, 1.165) is 29.7 Å². The summed E-state index contributed by atoms with van der Waals surface area (Å²) < 4.78 is 72.2. The van der Waals surface area contributed by atoms with E-state index < -0.39 is 22.6 Å². The zero-order valence-corrected chi connectivity index (χ0v) is 20.1. The Labute approximate surface area is 195 Å². The van der Waals surface area contributed by atoms with Crippen LogP contribution in [0, 0.1) is 0 Å². The lowest BCUT2D eigenvalue weighted by atomic mass is 10.2. The summed E-state index contributed by atoms with van der Waals surface area (Å²) in [7, 11) is -3.87. The Morgan fingerprint density at radius 1 is 1.10 bits per heavy atom. The van der Waals surface area contributed by atoms with Crippen molar-refractivity contribution >= 4 is 47.8 Å². The summed E-state index contributed by atoms with van der Waals surface area (Å²) in [6.45, 7) is 2.20. The Bertz CT molecular complexity index is 998. The Morgan fingerprint density at radius 3 is 2.32 bits per heavy atom. The SMILES string of the molecule is CC(Br)C(Br)COc1cc(C=CS(=O)(=O)c2ccc(OC(F)C(F)F)cc2)ccc1O. The van der Waals surface area contributed by atoms with Crippen LogP contribution in [0.25, 0.3) is 6.08 Å². The summed E-state index contributed by atoms with van der Waals surface area (Å²) in [5.41, 5.74) is 0.464. The van der Waals surface area contributed by atoms with E-state index in [1.54, 1.807) is 0 Å². The van der Waals surface area contributed by atoms with Crippen LogP contribution in [0.5, 0.6) is 17.2 Å². The van der Waals surface area contributed by atoms with E-state index in [9.17, 15) is 26.7 Å². The van der Waals surface area contributed by atoms with Crippen LogP contribution in [0.15, 0.2) is 52.8 Å². The molecule has 2 aromatic rings. The van der Waals surface area contributed by atoms with Crippen molar-refractivity contribution < 1.29 is 36.2 Å². The molecule has 0 amide bonds. The normalized spacial score (nSPS) is 15.1. The van der Waals surface area contributed by atoms with Gasteiger partial charge in [0, 0.05) is 10.2 Å². The second kappa shape index (κ2) is 11.2. The fourth-order valence-electron chi connectivity index (χ4n) is 2.19. The van der Waals surface area contributed by atoms with Crippen LogP contribution in [-0.2, 0) is 9.84 Å². The van der Waals surface area contributed by atoms with Gasteiger partial charge >= 0.3 is 6.43 Å². The lowest BCUT2D eigenvalue weighted by molar-refractivity contribution is -0.0669. The maximum atomic E-state index is 12.9. The smallest absolute Gasteiger partial charge is 0.304 e. The number of sulfone groups is 1. The molecule has 170 valence electrons. The molecule has 0 aromatic heterocycles. The number of alkyl halides is 5. The van der Waals surface area contributed by atoms with Crippen LogP contribution >= 0.6 is 31.9 Å². The molecule has 0 saturated heterocycles. The highest BCUT2D eigenvalue weighted by atomic mass is 79.9. The molecule has 2 aromatic carbocycles. The van der Waals surface area contributed by atoms with Crippen molar-refractivity contribution in [1.82, 2.24) is 0 Å². The fraction of sp³-hybridized carbons (Fsp3) is 0.300. The van der Waals surface area contributed by atoms with Crippen molar-refractivity contribution in [2.45, 2.75) is 34.3 Å². The molecule has 0 aliphatic rings. The standard InChI is InChI=1S/C20H19Br2F3O5S/c1-12(21)16(22)11-29-18-10-13(2-7-17(18)26)8-9-31(27,28)15-5-3-14(4-6-15)30-20(25)19(23)24/h2-10,12,16,19-20,26H,11H2,1H3. The van der Waals surface area contributed by atoms with Gasteiger partial charge in [0.2, 0.25) is 0 Å². The Hall–Kier alpha value is -1.72. The van der Waals surface area contributed by atoms with Crippen LogP contribution in [0.3, 0.4) is 0 Å². The summed E-state index contributed by atoms with van der Waals surface area (Å²) >= 11 is 6.85. The molecule has 3 atom stereocenters. The lowest BCUT2D eigenvalue weighted by Crippen LogP contribution is -2.19. The fourth-order valence-corrected chi connectivity index (χ4v) is 3.48. The van der Waals surface area contributed by atoms with Crippen LogP contribution in [-0.4, -0.2) is 42.6 Å². The van der Waals surface area contributed by atoms with Crippen LogP contribution < -0.4 is 9.47 Å². The van der Waals surface area contributed by atoms with Crippen molar-refractivity contribution in [2.75, 3.05) is 6.61 Å². The molecular weight excluding hydrogens is 569 g/mol. The molecule has 5 nitrogen and oxygen atoms in total. The third kappa shape index (κ3) is 7.73. The zero-order valence-electron chi connectivity index (χ0n) is 16.1. The van der Waals surface area contributed by atoms with E-state index in [-0.39, 0.29) is 38.4 Å². The van der Waals surface area contributed by atoms with E-state index in [1.807, 2.05) is 6.92 Å². The van der Waals surface area contributed by atoms with Gasteiger partial charge in [0.05, 0.1) is 9.72 Å². The number of rotatable bonds is 10. The minimum atomic E-state index is -3.87. The van der Waals surface area contributed by atoms with E-state index in [0.29, 0.717) is 5.56 Å². The van der Waals surface area contributed by atoms with Crippen molar-refractivity contribution in [3.63, 3.8) is 0 Å². The average Bonchev–Trinajstić information content (AvgIpc) is 2.72. The molecule has 0 bridgehead atoms. The van der Waals surface area contributed by atoms with Crippen LogP contribution in [0.2, 0.25) is 0 Å². The highest BCUT2D eigenvalue weighted by molar-refractivity contribution is 9.12. The molecule has 11 heteroatoms. The van der Waals surface area contributed by atoms with Gasteiger partial charge in [0.1, 0.15) is 12.4 Å². The number of hydrogen-bond donors (Lipinski definition) is 1. The first-order valence-electron chi connectivity index (χ1n) is 8.85. The summed E-state index contributed by atoms with van der Waals surface area (Å²) in [5, 5.41) is 10.9. The lowest BCUT2D eigenvalue weighted by Gasteiger charge is -2.14. The minimum absolute atomic E-state index is 0.00760. The summed E-state index contributed by atoms with van der Waals surface area (Å²) in [5.74, 6) is -0.120. The summed E-state index contributed by atoms with van der Waals surface area (Å²) in [6.07, 6.45) is -4.79. The Kier molecular flexibility index (Phi) is 9.26. The topological polar surface area (TPSA) is 72.8 Å². The molecule has 1 N–H and O–H groups in total. The molecule has 0 fully saturated rings. The zero-order chi connectivity index (χ0) is 23.2. The van der Waals surface area contributed by atoms with Gasteiger partial charge < -0.3 is 14.6 Å². The van der Waals surface area contributed by atoms with Gasteiger partial charge in [-0.25, -0.2) is 17.2 Å². The first-order valence-corrected chi connectivity index (χ1v) is 12.2. The van der Waals surface area contributed by atoms with E-state index in [1.165, 1.54) is 24.3 Å². The van der Waals surface area contributed by atoms with Crippen molar-refractivity contribution in [3.8, 4) is 17.2 Å². The van der Waals surface area contributed by atoms with Gasteiger partial charge in [-0.15, -0.1) is 0 Å². The number of benzene rings is 2. The van der Waals surface area contributed by atoms with Crippen molar-refractivity contribution in [3.05, 3.63) is 53.4 Å². The molecule has 0 aliphatic heterocycles.